The predicted molar refractivity (Wildman–Crippen MR) is 119 cm³/mol. The highest BCUT2D eigenvalue weighted by Gasteiger charge is 2.16. The van der Waals surface area contributed by atoms with Crippen LogP contribution in [0.3, 0.4) is 0 Å². The minimum atomic E-state index is -0.0885. The maximum absolute atomic E-state index is 12.1. The molecule has 1 aromatic heterocycles. The summed E-state index contributed by atoms with van der Waals surface area (Å²) in [4.78, 5) is 23.9. The highest BCUT2D eigenvalue weighted by atomic mass is 32.2. The number of rotatable bonds is 9. The maximum atomic E-state index is 12.1. The molecule has 162 valence electrons. The van der Waals surface area contributed by atoms with Gasteiger partial charge >= 0.3 is 0 Å². The fraction of sp³-hybridized carbons (Fsp3) is 0.500. The van der Waals surface area contributed by atoms with Crippen LogP contribution in [0.1, 0.15) is 41.4 Å². The number of benzene rings is 1. The zero-order valence-corrected chi connectivity index (χ0v) is 18.7. The molecule has 0 bridgehead atoms. The summed E-state index contributed by atoms with van der Waals surface area (Å²) in [5.74, 6) is 1.97. The van der Waals surface area contributed by atoms with Crippen LogP contribution in [-0.4, -0.2) is 62.4 Å². The molecule has 0 radical (unpaired) electrons. The number of nitrogens with one attached hydrogen (secondary N) is 1. The Kier molecular flexibility index (Phi) is 8.48. The summed E-state index contributed by atoms with van der Waals surface area (Å²) in [6.45, 7) is 8.47. The number of hydrogen-bond donors (Lipinski definition) is 1. The summed E-state index contributed by atoms with van der Waals surface area (Å²) in [6.07, 6.45) is 0. The van der Waals surface area contributed by atoms with E-state index in [1.54, 1.807) is 18.9 Å². The smallest absolute Gasteiger partial charge is 0.251 e. The first-order valence-corrected chi connectivity index (χ1v) is 11.3. The molecule has 30 heavy (non-hydrogen) atoms. The van der Waals surface area contributed by atoms with Crippen molar-refractivity contribution in [2.45, 2.75) is 30.7 Å². The van der Waals surface area contributed by atoms with Crippen LogP contribution in [0.4, 0.5) is 5.82 Å². The summed E-state index contributed by atoms with van der Waals surface area (Å²) in [7, 11) is 1.61. The van der Waals surface area contributed by atoms with Crippen molar-refractivity contribution < 1.29 is 14.3 Å². The molecular weight excluding hydrogens is 400 g/mol. The molecule has 0 unspecified atom stereocenters. The second-order valence-corrected chi connectivity index (χ2v) is 8.36. The molecule has 0 aliphatic carbocycles. The molecular formula is C22H30N4O3S. The molecule has 2 aromatic rings. The van der Waals surface area contributed by atoms with Gasteiger partial charge in [0.05, 0.1) is 19.8 Å². The van der Waals surface area contributed by atoms with E-state index in [1.165, 1.54) is 0 Å². The van der Waals surface area contributed by atoms with Crippen LogP contribution in [0.5, 0.6) is 0 Å². The van der Waals surface area contributed by atoms with E-state index in [1.807, 2.05) is 24.3 Å². The van der Waals surface area contributed by atoms with E-state index in [0.717, 1.165) is 54.3 Å². The number of amides is 1. The van der Waals surface area contributed by atoms with Gasteiger partial charge in [0.1, 0.15) is 5.82 Å². The van der Waals surface area contributed by atoms with Gasteiger partial charge in [-0.15, -0.1) is 0 Å². The molecule has 8 heteroatoms. The third kappa shape index (κ3) is 6.42. The van der Waals surface area contributed by atoms with Gasteiger partial charge in [0, 0.05) is 49.8 Å². The van der Waals surface area contributed by atoms with Crippen LogP contribution >= 0.6 is 11.8 Å². The fourth-order valence-corrected chi connectivity index (χ4v) is 3.83. The quantitative estimate of drug-likeness (QED) is 0.372. The summed E-state index contributed by atoms with van der Waals surface area (Å²) in [6, 6.07) is 9.75. The van der Waals surface area contributed by atoms with Crippen LogP contribution in [0, 0.1) is 0 Å². The van der Waals surface area contributed by atoms with Crippen LogP contribution in [-0.2, 0) is 15.2 Å². The molecule has 7 nitrogen and oxygen atoms in total. The van der Waals surface area contributed by atoms with Crippen molar-refractivity contribution in [3.05, 3.63) is 47.2 Å². The van der Waals surface area contributed by atoms with E-state index in [4.69, 9.17) is 19.4 Å². The second-order valence-electron chi connectivity index (χ2n) is 7.42. The van der Waals surface area contributed by atoms with Crippen LogP contribution in [0.15, 0.2) is 35.5 Å². The lowest BCUT2D eigenvalue weighted by atomic mass is 10.1. The van der Waals surface area contributed by atoms with Gasteiger partial charge in [0.15, 0.2) is 5.16 Å². The van der Waals surface area contributed by atoms with Crippen molar-refractivity contribution in [1.82, 2.24) is 15.3 Å². The number of morpholine rings is 1. The first-order chi connectivity index (χ1) is 14.6. The standard InChI is InChI=1S/C22H30N4O3S/c1-16(2)19-14-20(26-9-12-29-13-10-26)25-22(24-19)30-15-17-4-6-18(7-5-17)21(27)23-8-11-28-3/h4-7,14,16H,8-13,15H2,1-3H3,(H,23,27). The largest absolute Gasteiger partial charge is 0.383 e. The molecule has 1 aromatic carbocycles. The average molecular weight is 431 g/mol. The van der Waals surface area contributed by atoms with Crippen LogP contribution in [0.2, 0.25) is 0 Å². The Morgan fingerprint density at radius 3 is 2.63 bits per heavy atom. The summed E-state index contributed by atoms with van der Waals surface area (Å²) < 4.78 is 10.4. The maximum Gasteiger partial charge on any atom is 0.251 e. The minimum Gasteiger partial charge on any atom is -0.383 e. The molecule has 1 aliphatic heterocycles. The van der Waals surface area contributed by atoms with Gasteiger partial charge in [-0.25, -0.2) is 9.97 Å². The number of carbonyl (C=O) groups excluding carboxylic acids is 1. The van der Waals surface area contributed by atoms with Gasteiger partial charge in [-0.1, -0.05) is 37.7 Å². The number of ether oxygens (including phenoxy) is 2. The number of hydrogen-bond acceptors (Lipinski definition) is 7. The SMILES string of the molecule is COCCNC(=O)c1ccc(CSc2nc(C(C)C)cc(N3CCOCC3)n2)cc1. The van der Waals surface area contributed by atoms with Crippen molar-refractivity contribution in [2.75, 3.05) is 51.5 Å². The van der Waals surface area contributed by atoms with Gasteiger partial charge in [-0.2, -0.15) is 0 Å². The fourth-order valence-electron chi connectivity index (χ4n) is 3.01. The Hall–Kier alpha value is -2.16. The summed E-state index contributed by atoms with van der Waals surface area (Å²) >= 11 is 1.62. The van der Waals surface area contributed by atoms with E-state index in [0.29, 0.717) is 24.6 Å². The van der Waals surface area contributed by atoms with Crippen molar-refractivity contribution in [2.24, 2.45) is 0 Å². The Balaban J connectivity index is 1.64. The van der Waals surface area contributed by atoms with Gasteiger partial charge in [-0.05, 0) is 23.6 Å². The van der Waals surface area contributed by atoms with Gasteiger partial charge in [0.2, 0.25) is 0 Å². The number of aromatic nitrogens is 2. The summed E-state index contributed by atoms with van der Waals surface area (Å²) in [5.41, 5.74) is 2.82. The molecule has 1 N–H and O–H groups in total. The van der Waals surface area contributed by atoms with Crippen molar-refractivity contribution in [3.8, 4) is 0 Å². The van der Waals surface area contributed by atoms with E-state index < -0.39 is 0 Å². The normalized spacial score (nSPS) is 14.2. The Morgan fingerprint density at radius 2 is 1.97 bits per heavy atom. The lowest BCUT2D eigenvalue weighted by Crippen LogP contribution is -2.37. The van der Waals surface area contributed by atoms with Gasteiger partial charge in [0.25, 0.3) is 5.91 Å². The predicted octanol–water partition coefficient (Wildman–Crippen LogP) is 3.11. The third-order valence-corrected chi connectivity index (χ3v) is 5.73. The van der Waals surface area contributed by atoms with Crippen LogP contribution < -0.4 is 10.2 Å². The molecule has 3 rings (SSSR count). The molecule has 0 atom stereocenters. The molecule has 0 spiro atoms. The Labute approximate surface area is 182 Å². The average Bonchev–Trinajstić information content (AvgIpc) is 2.78. The third-order valence-electron chi connectivity index (χ3n) is 4.81. The van der Waals surface area contributed by atoms with Gasteiger partial charge in [-0.3, -0.25) is 4.79 Å². The highest BCUT2D eigenvalue weighted by Crippen LogP contribution is 2.26. The zero-order chi connectivity index (χ0) is 21.3. The van der Waals surface area contributed by atoms with Gasteiger partial charge < -0.3 is 19.7 Å². The molecule has 1 aliphatic rings. The summed E-state index contributed by atoms with van der Waals surface area (Å²) in [5, 5.41) is 3.61. The number of anilines is 1. The lowest BCUT2D eigenvalue weighted by molar-refractivity contribution is 0.0937. The topological polar surface area (TPSA) is 76.6 Å². The van der Waals surface area contributed by atoms with E-state index >= 15 is 0 Å². The molecule has 0 saturated carbocycles. The minimum absolute atomic E-state index is 0.0885. The second kappa shape index (κ2) is 11.3. The number of nitrogens with zero attached hydrogens (tertiary/aromatic N) is 3. The molecule has 2 heterocycles. The highest BCUT2D eigenvalue weighted by molar-refractivity contribution is 7.98. The molecule has 1 fully saturated rings. The number of carbonyl (C=O) groups is 1. The van der Waals surface area contributed by atoms with Crippen LogP contribution in [0.25, 0.3) is 0 Å². The Morgan fingerprint density at radius 1 is 1.23 bits per heavy atom. The first-order valence-electron chi connectivity index (χ1n) is 10.3. The molecule has 1 saturated heterocycles. The number of thioether (sulfide) groups is 1. The zero-order valence-electron chi connectivity index (χ0n) is 17.9. The number of methoxy groups -OCH3 is 1. The lowest BCUT2D eigenvalue weighted by Gasteiger charge is -2.28. The molecule has 1 amide bonds. The van der Waals surface area contributed by atoms with E-state index in [-0.39, 0.29) is 5.91 Å². The van der Waals surface area contributed by atoms with Crippen molar-refractivity contribution >= 4 is 23.5 Å². The monoisotopic (exact) mass is 430 g/mol. The van der Waals surface area contributed by atoms with Crippen molar-refractivity contribution in [1.29, 1.82) is 0 Å². The first kappa shape index (κ1) is 22.5. The van der Waals surface area contributed by atoms with Crippen molar-refractivity contribution in [3.63, 3.8) is 0 Å². The van der Waals surface area contributed by atoms with E-state index in [9.17, 15) is 4.79 Å². The Bertz CT molecular complexity index is 824. The van der Waals surface area contributed by atoms with E-state index in [2.05, 4.69) is 30.1 Å².